The van der Waals surface area contributed by atoms with Crippen LogP contribution >= 0.6 is 23.2 Å². The van der Waals surface area contributed by atoms with Crippen LogP contribution in [0.3, 0.4) is 0 Å². The molecule has 1 aromatic heterocycles. The van der Waals surface area contributed by atoms with Crippen molar-refractivity contribution in [1.29, 1.82) is 5.26 Å². The zero-order valence-electron chi connectivity index (χ0n) is 21.8. The van der Waals surface area contributed by atoms with Gasteiger partial charge < -0.3 is 34.5 Å². The van der Waals surface area contributed by atoms with Crippen molar-refractivity contribution in [3.8, 4) is 23.3 Å². The molecule has 0 radical (unpaired) electrons. The molecule has 10 nitrogen and oxygen atoms in total. The average molecular weight is 613 g/mol. The van der Waals surface area contributed by atoms with Gasteiger partial charge in [0.25, 0.3) is 5.91 Å². The predicted octanol–water partition coefficient (Wildman–Crippen LogP) is 5.97. The van der Waals surface area contributed by atoms with Crippen LogP contribution in [0.4, 0.5) is 9.18 Å². The lowest BCUT2D eigenvalue weighted by atomic mass is 10.2. The molecule has 2 amide bonds. The van der Waals surface area contributed by atoms with Gasteiger partial charge in [-0.2, -0.15) is 5.26 Å². The first-order valence-electron chi connectivity index (χ1n) is 12.7. The molecule has 0 saturated carbocycles. The van der Waals surface area contributed by atoms with Crippen LogP contribution in [0.2, 0.25) is 10.0 Å². The molecule has 1 atom stereocenters. The zero-order valence-corrected chi connectivity index (χ0v) is 23.3. The van der Waals surface area contributed by atoms with E-state index < -0.39 is 23.9 Å². The Bertz CT molecular complexity index is 1710. The number of nitriles is 1. The van der Waals surface area contributed by atoms with E-state index in [-0.39, 0.29) is 58.1 Å². The van der Waals surface area contributed by atoms with E-state index in [2.05, 4.69) is 10.3 Å². The Balaban J connectivity index is 1.23. The molecule has 2 heterocycles. The van der Waals surface area contributed by atoms with Crippen molar-refractivity contribution in [3.63, 3.8) is 0 Å². The molecule has 0 bridgehead atoms. The zero-order chi connectivity index (χ0) is 29.8. The summed E-state index contributed by atoms with van der Waals surface area (Å²) < 4.78 is 32.3. The smallest absolute Gasteiger partial charge is 0.407 e. The predicted molar refractivity (Wildman–Crippen MR) is 152 cm³/mol. The molecule has 0 aliphatic carbocycles. The maximum absolute atomic E-state index is 15.3. The first kappa shape index (κ1) is 29.0. The average Bonchev–Trinajstić information content (AvgIpc) is 3.41. The summed E-state index contributed by atoms with van der Waals surface area (Å²) in [6, 6.07) is 16.0. The van der Waals surface area contributed by atoms with E-state index in [1.54, 1.807) is 24.3 Å². The molecule has 1 aliphatic heterocycles. The highest BCUT2D eigenvalue weighted by Crippen LogP contribution is 2.35. The van der Waals surface area contributed by atoms with E-state index in [4.69, 9.17) is 42.7 Å². The Labute approximate surface area is 249 Å². The van der Waals surface area contributed by atoms with Crippen molar-refractivity contribution in [2.75, 3.05) is 26.3 Å². The number of morpholine rings is 1. The number of aromatic amines is 1. The Kier molecular flexibility index (Phi) is 8.68. The molecule has 42 heavy (non-hydrogen) atoms. The fraction of sp³-hybridized carbons (Fsp3) is 0.207. The molecular weight excluding hydrogens is 590 g/mol. The van der Waals surface area contributed by atoms with E-state index in [0.29, 0.717) is 29.8 Å². The van der Waals surface area contributed by atoms with Crippen LogP contribution in [0.15, 0.2) is 54.6 Å². The van der Waals surface area contributed by atoms with E-state index in [9.17, 15) is 14.7 Å². The second-order valence-electron chi connectivity index (χ2n) is 9.39. The monoisotopic (exact) mass is 612 g/mol. The highest BCUT2D eigenvalue weighted by atomic mass is 35.5. The van der Waals surface area contributed by atoms with Crippen LogP contribution < -0.4 is 14.8 Å². The standard InChI is InChI=1S/C29H23Cl2FN4O6/c30-19-7-16(12-33)8-21(11-19)42-27-23(31)3-1-17(26(27)32)13-34-28(37)25-10-18-9-20(2-4-24(18)35-25)41-15-22-14-36(29(38)39)5-6-40-22/h1-4,7-11,22,35H,5-6,13-15H2,(H,34,37)(H,38,39). The van der Waals surface area contributed by atoms with Crippen LogP contribution in [0, 0.1) is 17.1 Å². The van der Waals surface area contributed by atoms with Gasteiger partial charge in [-0.05, 0) is 48.5 Å². The van der Waals surface area contributed by atoms with E-state index in [0.717, 1.165) is 0 Å². The molecule has 0 spiro atoms. The van der Waals surface area contributed by atoms with Gasteiger partial charge in [0.15, 0.2) is 11.6 Å². The maximum atomic E-state index is 15.3. The topological polar surface area (TPSA) is 137 Å². The Morgan fingerprint density at radius 2 is 2.00 bits per heavy atom. The molecule has 3 aromatic carbocycles. The van der Waals surface area contributed by atoms with Crippen molar-refractivity contribution in [2.45, 2.75) is 12.6 Å². The third-order valence-electron chi connectivity index (χ3n) is 6.47. The molecule has 1 unspecified atom stereocenters. The lowest BCUT2D eigenvalue weighted by Gasteiger charge is -2.30. The number of rotatable bonds is 8. The SMILES string of the molecule is N#Cc1cc(Cl)cc(Oc2c(Cl)ccc(CNC(=O)c3cc4cc(OCC5CN(C(=O)O)CCO5)ccc4[nH]3)c2F)c1. The maximum Gasteiger partial charge on any atom is 0.407 e. The van der Waals surface area contributed by atoms with Crippen molar-refractivity contribution >= 4 is 46.1 Å². The van der Waals surface area contributed by atoms with Gasteiger partial charge >= 0.3 is 6.09 Å². The Morgan fingerprint density at radius 3 is 2.79 bits per heavy atom. The first-order chi connectivity index (χ1) is 20.2. The summed E-state index contributed by atoms with van der Waals surface area (Å²) >= 11 is 12.2. The van der Waals surface area contributed by atoms with Gasteiger partial charge in [0.2, 0.25) is 0 Å². The number of aromatic nitrogens is 1. The van der Waals surface area contributed by atoms with Crippen molar-refractivity contribution in [2.24, 2.45) is 0 Å². The number of fused-ring (bicyclic) bond motifs is 1. The minimum absolute atomic E-state index is 0.00367. The lowest BCUT2D eigenvalue weighted by molar-refractivity contribution is -0.0411. The number of halogens is 3. The highest BCUT2D eigenvalue weighted by Gasteiger charge is 2.24. The largest absolute Gasteiger partial charge is 0.491 e. The number of nitrogens with one attached hydrogen (secondary N) is 2. The van der Waals surface area contributed by atoms with Gasteiger partial charge in [0, 0.05) is 34.6 Å². The number of carbonyl (C=O) groups is 2. The van der Waals surface area contributed by atoms with Crippen LogP contribution in [0.1, 0.15) is 21.6 Å². The van der Waals surface area contributed by atoms with Crippen LogP contribution in [0.5, 0.6) is 17.2 Å². The number of carbonyl (C=O) groups excluding carboxylic acids is 1. The fourth-order valence-corrected chi connectivity index (χ4v) is 4.79. The summed E-state index contributed by atoms with van der Waals surface area (Å²) in [5, 5.41) is 22.0. The summed E-state index contributed by atoms with van der Waals surface area (Å²) in [5.74, 6) is -0.837. The van der Waals surface area contributed by atoms with Gasteiger partial charge in [-0.3, -0.25) is 4.79 Å². The van der Waals surface area contributed by atoms with E-state index >= 15 is 4.39 Å². The molecule has 3 N–H and O–H groups in total. The normalized spacial score (nSPS) is 14.8. The molecule has 1 aliphatic rings. The van der Waals surface area contributed by atoms with Gasteiger partial charge in [0.05, 0.1) is 29.8 Å². The second-order valence-corrected chi connectivity index (χ2v) is 10.2. The van der Waals surface area contributed by atoms with Crippen molar-refractivity contribution in [1.82, 2.24) is 15.2 Å². The second kappa shape index (κ2) is 12.6. The number of hydrogen-bond donors (Lipinski definition) is 3. The van der Waals surface area contributed by atoms with E-state index in [1.807, 2.05) is 6.07 Å². The number of hydrogen-bond acceptors (Lipinski definition) is 6. The fourth-order valence-electron chi connectivity index (χ4n) is 4.38. The van der Waals surface area contributed by atoms with Crippen LogP contribution in [-0.4, -0.2) is 59.4 Å². The van der Waals surface area contributed by atoms with Crippen molar-refractivity contribution < 1.29 is 33.3 Å². The van der Waals surface area contributed by atoms with Gasteiger partial charge in [0.1, 0.15) is 29.9 Å². The Hall–Kier alpha value is -4.50. The molecule has 1 saturated heterocycles. The molecule has 4 aromatic rings. The summed E-state index contributed by atoms with van der Waals surface area (Å²) in [5.41, 5.74) is 1.30. The Morgan fingerprint density at radius 1 is 1.17 bits per heavy atom. The summed E-state index contributed by atoms with van der Waals surface area (Å²) in [6.45, 7) is 0.849. The number of nitrogens with zero attached hydrogens (tertiary/aromatic N) is 2. The summed E-state index contributed by atoms with van der Waals surface area (Å²) in [7, 11) is 0. The van der Waals surface area contributed by atoms with E-state index in [1.165, 1.54) is 35.2 Å². The van der Waals surface area contributed by atoms with Gasteiger partial charge in [-0.25, -0.2) is 9.18 Å². The first-order valence-corrected chi connectivity index (χ1v) is 13.4. The number of ether oxygens (including phenoxy) is 3. The highest BCUT2D eigenvalue weighted by molar-refractivity contribution is 6.32. The third-order valence-corrected chi connectivity index (χ3v) is 6.99. The number of carboxylic acid groups (broad SMARTS) is 1. The minimum Gasteiger partial charge on any atom is -0.491 e. The van der Waals surface area contributed by atoms with Gasteiger partial charge in [-0.1, -0.05) is 29.3 Å². The van der Waals surface area contributed by atoms with Crippen LogP contribution in [0.25, 0.3) is 10.9 Å². The molecule has 5 rings (SSSR count). The quantitative estimate of drug-likeness (QED) is 0.223. The molecular formula is C29H23Cl2FN4O6. The number of benzene rings is 3. The third kappa shape index (κ3) is 6.69. The molecule has 1 fully saturated rings. The van der Waals surface area contributed by atoms with Gasteiger partial charge in [-0.15, -0.1) is 0 Å². The molecule has 13 heteroatoms. The molecule has 216 valence electrons. The van der Waals surface area contributed by atoms with Crippen molar-refractivity contribution in [3.05, 3.63) is 87.3 Å². The van der Waals surface area contributed by atoms with Crippen LogP contribution in [-0.2, 0) is 11.3 Å². The minimum atomic E-state index is -0.997. The number of amides is 2. The summed E-state index contributed by atoms with van der Waals surface area (Å²) in [6.07, 6.45) is -1.39. The number of H-pyrrole nitrogens is 1. The summed E-state index contributed by atoms with van der Waals surface area (Å²) in [4.78, 5) is 28.4. The lowest BCUT2D eigenvalue weighted by Crippen LogP contribution is -2.47.